The molecule has 0 saturated heterocycles. The number of benzene rings is 2. The summed E-state index contributed by atoms with van der Waals surface area (Å²) in [5, 5.41) is 5.59. The molecule has 2 rings (SSSR count). The van der Waals surface area contributed by atoms with E-state index in [2.05, 4.69) is 10.2 Å². The predicted octanol–water partition coefficient (Wildman–Crippen LogP) is 7.44. The minimum atomic E-state index is -3.22. The quantitative estimate of drug-likeness (QED) is 0.161. The highest BCUT2D eigenvalue weighted by molar-refractivity contribution is 7.58. The van der Waals surface area contributed by atoms with Gasteiger partial charge in [0.1, 0.15) is 23.6 Å². The van der Waals surface area contributed by atoms with Gasteiger partial charge in [-0.3, -0.25) is 18.7 Å². The molecule has 2 aromatic carbocycles. The summed E-state index contributed by atoms with van der Waals surface area (Å²) >= 11 is 0. The second kappa shape index (κ2) is 18.8. The van der Waals surface area contributed by atoms with Gasteiger partial charge in [-0.25, -0.2) is 10.2 Å². The fraction of sp³-hybridized carbons (Fsp3) is 0.533. The van der Waals surface area contributed by atoms with E-state index >= 15 is 0 Å². The lowest BCUT2D eigenvalue weighted by Crippen LogP contribution is -2.37. The average Bonchev–Trinajstić information content (AvgIpc) is 2.89. The fourth-order valence-electron chi connectivity index (χ4n) is 3.08. The van der Waals surface area contributed by atoms with E-state index in [1.807, 2.05) is 12.1 Å². The largest absolute Gasteiger partial charge is 0.465 e. The van der Waals surface area contributed by atoms with Crippen molar-refractivity contribution in [3.05, 3.63) is 60.7 Å². The van der Waals surface area contributed by atoms with Crippen molar-refractivity contribution in [1.82, 2.24) is 10.2 Å². The molecule has 0 aliphatic rings. The Balaban J connectivity index is 0.000000783. The van der Waals surface area contributed by atoms with Crippen LogP contribution in [0.3, 0.4) is 0 Å². The number of nitrogens with one attached hydrogen (secondary N) is 2. The molecule has 10 nitrogen and oxygen atoms in total. The van der Waals surface area contributed by atoms with Crippen LogP contribution >= 0.6 is 15.0 Å². The van der Waals surface area contributed by atoms with Gasteiger partial charge in [0.15, 0.2) is 0 Å². The van der Waals surface area contributed by atoms with Gasteiger partial charge in [0, 0.05) is 0 Å². The highest BCUT2D eigenvalue weighted by Gasteiger charge is 2.34. The van der Waals surface area contributed by atoms with Crippen molar-refractivity contribution in [3.8, 4) is 11.5 Å². The number of carbonyl (C=O) groups is 2. The van der Waals surface area contributed by atoms with Gasteiger partial charge in [-0.1, -0.05) is 71.5 Å². The highest BCUT2D eigenvalue weighted by atomic mass is 31.2. The molecule has 0 aliphatic carbocycles. The molecule has 0 aromatic heterocycles. The van der Waals surface area contributed by atoms with Crippen molar-refractivity contribution in [2.75, 3.05) is 6.61 Å². The second-order valence-electron chi connectivity index (χ2n) is 10.1. The Labute approximate surface area is 252 Å². The summed E-state index contributed by atoms with van der Waals surface area (Å²) in [5.41, 5.74) is -0.536. The van der Waals surface area contributed by atoms with E-state index in [4.69, 9.17) is 18.5 Å². The number of hydrogen-bond donors (Lipinski definition) is 2. The van der Waals surface area contributed by atoms with E-state index in [9.17, 15) is 18.7 Å². The molecule has 0 saturated carbocycles. The lowest BCUT2D eigenvalue weighted by Gasteiger charge is -2.26. The van der Waals surface area contributed by atoms with E-state index < -0.39 is 39.1 Å². The van der Waals surface area contributed by atoms with E-state index in [1.165, 1.54) is 0 Å². The molecule has 2 aromatic rings. The number of hydrogen-bond acceptors (Lipinski definition) is 8. The maximum Gasteiger partial charge on any atom is 0.323 e. The molecule has 0 amide bonds. The van der Waals surface area contributed by atoms with Gasteiger partial charge >= 0.3 is 27.0 Å². The van der Waals surface area contributed by atoms with Gasteiger partial charge < -0.3 is 18.5 Å². The van der Waals surface area contributed by atoms with Crippen LogP contribution < -0.4 is 19.2 Å². The molecule has 12 heteroatoms. The Morgan fingerprint density at radius 2 is 1.02 bits per heavy atom. The Bertz CT molecular complexity index is 1160. The number of ether oxygens (including phenoxy) is 2. The van der Waals surface area contributed by atoms with Crippen molar-refractivity contribution in [3.63, 3.8) is 0 Å². The van der Waals surface area contributed by atoms with Crippen molar-refractivity contribution >= 4 is 27.0 Å². The smallest absolute Gasteiger partial charge is 0.323 e. The zero-order chi connectivity index (χ0) is 31.2. The lowest BCUT2D eigenvalue weighted by molar-refractivity contribution is -0.149. The molecular weight excluding hydrogens is 578 g/mol. The third kappa shape index (κ3) is 13.6. The molecule has 4 atom stereocenters. The second-order valence-corrected chi connectivity index (χ2v) is 15.5. The van der Waals surface area contributed by atoms with E-state index in [0.29, 0.717) is 11.5 Å². The van der Waals surface area contributed by atoms with Crippen LogP contribution in [0.2, 0.25) is 0 Å². The van der Waals surface area contributed by atoms with Crippen LogP contribution in [0.4, 0.5) is 0 Å². The van der Waals surface area contributed by atoms with Crippen LogP contribution in [0, 0.1) is 0 Å². The van der Waals surface area contributed by atoms with Crippen LogP contribution in [0.5, 0.6) is 11.5 Å². The van der Waals surface area contributed by atoms with Crippen molar-refractivity contribution in [1.29, 1.82) is 0 Å². The van der Waals surface area contributed by atoms with Crippen LogP contribution in [-0.4, -0.2) is 48.1 Å². The number of carbonyl (C=O) groups excluding carboxylic acids is 2. The minimum Gasteiger partial charge on any atom is -0.465 e. The molecule has 2 unspecified atom stereocenters. The first-order valence-electron chi connectivity index (χ1n) is 13.7. The SMILES string of the molecule is C.CC(C)OC(=O)[C@H](C)NP(=O)(Oc1ccccc1)C(C)C.CCOC(=O)[C@H](C)NP(=O)(Oc1ccccc1)C(C)C. The first-order valence-corrected chi connectivity index (χ1v) is 17.1. The van der Waals surface area contributed by atoms with E-state index in [0.717, 1.165) is 0 Å². The van der Waals surface area contributed by atoms with Crippen LogP contribution in [0.15, 0.2) is 60.7 Å². The summed E-state index contributed by atoms with van der Waals surface area (Å²) in [6, 6.07) is 16.4. The van der Waals surface area contributed by atoms with Crippen LogP contribution in [-0.2, 0) is 28.2 Å². The average molecular weight is 629 g/mol. The Morgan fingerprint density at radius 3 is 1.33 bits per heavy atom. The maximum atomic E-state index is 12.9. The molecule has 0 spiro atoms. The van der Waals surface area contributed by atoms with Gasteiger partial charge in [-0.15, -0.1) is 0 Å². The van der Waals surface area contributed by atoms with Gasteiger partial charge in [-0.2, -0.15) is 0 Å². The standard InChI is InChI=1S/C15H24NO4P.C14H22NO4P.CH4/c1-11(2)19-15(17)13(5)16-21(18,12(3)4)20-14-9-7-6-8-10-14;1-5-18-14(16)12(4)15-20(17,11(2)3)19-13-9-7-6-8-10-13;/h6-13H,1-5H3,(H,16,18);6-12H,5H2,1-4H3,(H,15,17);1H4/t13-,21?;12-,20?;/m00./s1. The summed E-state index contributed by atoms with van der Waals surface area (Å²) in [5.74, 6) is 0.132. The van der Waals surface area contributed by atoms with Crippen molar-refractivity contribution in [2.24, 2.45) is 0 Å². The molecule has 0 fully saturated rings. The van der Waals surface area contributed by atoms with Gasteiger partial charge in [0.25, 0.3) is 0 Å². The van der Waals surface area contributed by atoms with Crippen LogP contribution in [0.1, 0.15) is 69.7 Å². The highest BCUT2D eigenvalue weighted by Crippen LogP contribution is 2.49. The molecule has 0 heterocycles. The fourth-order valence-corrected chi connectivity index (χ4v) is 6.37. The number of para-hydroxylation sites is 2. The summed E-state index contributed by atoms with van der Waals surface area (Å²) in [4.78, 5) is 23.5. The van der Waals surface area contributed by atoms with E-state index in [-0.39, 0.29) is 31.5 Å². The number of esters is 2. The Kier molecular flexibility index (Phi) is 17.6. The Hall–Kier alpha value is -2.64. The molecule has 238 valence electrons. The van der Waals surface area contributed by atoms with Gasteiger partial charge in [0.2, 0.25) is 0 Å². The lowest BCUT2D eigenvalue weighted by atomic mass is 10.3. The molecule has 0 bridgehead atoms. The summed E-state index contributed by atoms with van der Waals surface area (Å²) in [6.07, 6.45) is -0.213. The third-order valence-electron chi connectivity index (χ3n) is 5.42. The van der Waals surface area contributed by atoms with Crippen LogP contribution in [0.25, 0.3) is 0 Å². The Morgan fingerprint density at radius 1 is 0.667 bits per heavy atom. The zero-order valence-corrected chi connectivity index (χ0v) is 27.3. The monoisotopic (exact) mass is 628 g/mol. The van der Waals surface area contributed by atoms with Crippen molar-refractivity contribution < 1.29 is 37.2 Å². The summed E-state index contributed by atoms with van der Waals surface area (Å²) in [6.45, 7) is 15.9. The van der Waals surface area contributed by atoms with Gasteiger partial charge in [0.05, 0.1) is 24.0 Å². The van der Waals surface area contributed by atoms with E-state index in [1.54, 1.807) is 111 Å². The summed E-state index contributed by atoms with van der Waals surface area (Å²) < 4.78 is 47.0. The zero-order valence-electron chi connectivity index (χ0n) is 25.5. The predicted molar refractivity (Wildman–Crippen MR) is 169 cm³/mol. The molecule has 42 heavy (non-hydrogen) atoms. The van der Waals surface area contributed by atoms with Gasteiger partial charge in [-0.05, 0) is 58.9 Å². The third-order valence-corrected chi connectivity index (χ3v) is 10.6. The molecule has 0 radical (unpaired) electrons. The summed E-state index contributed by atoms with van der Waals surface area (Å²) in [7, 11) is -6.42. The topological polar surface area (TPSA) is 129 Å². The first kappa shape index (κ1) is 39.4. The van der Waals surface area contributed by atoms with Crippen molar-refractivity contribution in [2.45, 2.75) is 99.2 Å². The minimum absolute atomic E-state index is 0. The maximum absolute atomic E-state index is 12.9. The molecular formula is C30H50N2O8P2. The normalized spacial score (nSPS) is 15.1. The molecule has 2 N–H and O–H groups in total. The first-order chi connectivity index (χ1) is 19.1. The number of rotatable bonds is 14. The molecule has 0 aliphatic heterocycles.